The summed E-state index contributed by atoms with van der Waals surface area (Å²) < 4.78 is 0. The van der Waals surface area contributed by atoms with Crippen LogP contribution in [-0.2, 0) is 0 Å². The number of nitrogens with two attached hydrogens (primary N) is 1. The van der Waals surface area contributed by atoms with E-state index in [0.29, 0.717) is 6.04 Å². The van der Waals surface area contributed by atoms with E-state index in [2.05, 4.69) is 18.7 Å². The van der Waals surface area contributed by atoms with Gasteiger partial charge < -0.3 is 10.6 Å². The number of rotatable bonds is 3. The van der Waals surface area contributed by atoms with E-state index >= 15 is 0 Å². The summed E-state index contributed by atoms with van der Waals surface area (Å²) in [5, 5.41) is 0. The van der Waals surface area contributed by atoms with Crippen LogP contribution >= 0.6 is 12.4 Å². The number of likely N-dealkylation sites (tertiary alicyclic amines) is 1. The fourth-order valence-electron chi connectivity index (χ4n) is 1.74. The number of hydrogen-bond acceptors (Lipinski definition) is 2. The Kier molecular flexibility index (Phi) is 6.74. The Morgan fingerprint density at radius 3 is 2.69 bits per heavy atom. The van der Waals surface area contributed by atoms with Crippen molar-refractivity contribution in [1.29, 1.82) is 0 Å². The molecule has 0 aromatic rings. The second kappa shape index (κ2) is 6.63. The summed E-state index contributed by atoms with van der Waals surface area (Å²) in [4.78, 5) is 2.51. The lowest BCUT2D eigenvalue weighted by Gasteiger charge is -2.31. The number of piperidine rings is 1. The van der Waals surface area contributed by atoms with E-state index in [-0.39, 0.29) is 12.4 Å². The lowest BCUT2D eigenvalue weighted by Crippen LogP contribution is -2.43. The highest BCUT2D eigenvalue weighted by Gasteiger charge is 2.15. The van der Waals surface area contributed by atoms with Gasteiger partial charge in [0.1, 0.15) is 0 Å². The minimum atomic E-state index is 0. The van der Waals surface area contributed by atoms with Crippen molar-refractivity contribution in [1.82, 2.24) is 4.90 Å². The summed E-state index contributed by atoms with van der Waals surface area (Å²) in [6, 6.07) is 0.436. The van der Waals surface area contributed by atoms with Gasteiger partial charge in [-0.25, -0.2) is 0 Å². The van der Waals surface area contributed by atoms with Crippen LogP contribution in [0.15, 0.2) is 0 Å². The van der Waals surface area contributed by atoms with E-state index < -0.39 is 0 Å². The van der Waals surface area contributed by atoms with Crippen LogP contribution in [0.25, 0.3) is 0 Å². The van der Waals surface area contributed by atoms with Gasteiger partial charge in [0.25, 0.3) is 0 Å². The minimum Gasteiger partial charge on any atom is -0.327 e. The van der Waals surface area contributed by atoms with Crippen molar-refractivity contribution in [3.8, 4) is 0 Å². The van der Waals surface area contributed by atoms with E-state index in [1.807, 2.05) is 0 Å². The van der Waals surface area contributed by atoms with Crippen LogP contribution in [0.5, 0.6) is 0 Å². The molecule has 1 rings (SSSR count). The zero-order valence-corrected chi connectivity index (χ0v) is 9.65. The van der Waals surface area contributed by atoms with E-state index in [4.69, 9.17) is 5.73 Å². The second-order valence-electron chi connectivity index (χ2n) is 4.39. The molecule has 2 nitrogen and oxygen atoms in total. The molecular formula is C10H23ClN2. The van der Waals surface area contributed by atoms with Crippen LogP contribution in [0.4, 0.5) is 0 Å². The Morgan fingerprint density at radius 1 is 1.46 bits per heavy atom. The number of halogens is 1. The summed E-state index contributed by atoms with van der Waals surface area (Å²) in [7, 11) is 0. The molecule has 1 saturated heterocycles. The molecule has 0 spiro atoms. The average Bonchev–Trinajstić information content (AvgIpc) is 2.01. The van der Waals surface area contributed by atoms with E-state index in [1.54, 1.807) is 0 Å². The van der Waals surface area contributed by atoms with Gasteiger partial charge in [0.15, 0.2) is 0 Å². The summed E-state index contributed by atoms with van der Waals surface area (Å²) in [6.07, 6.45) is 3.82. The Balaban J connectivity index is 0.00000144. The van der Waals surface area contributed by atoms with Crippen LogP contribution in [0.2, 0.25) is 0 Å². The first-order valence-electron chi connectivity index (χ1n) is 5.16. The van der Waals surface area contributed by atoms with Gasteiger partial charge in [-0.1, -0.05) is 13.8 Å². The molecule has 0 radical (unpaired) electrons. The van der Waals surface area contributed by atoms with Crippen LogP contribution in [-0.4, -0.2) is 30.6 Å². The quantitative estimate of drug-likeness (QED) is 0.764. The molecule has 0 amide bonds. The molecule has 1 atom stereocenters. The lowest BCUT2D eigenvalue weighted by atomic mass is 10.1. The highest BCUT2D eigenvalue weighted by atomic mass is 35.5. The lowest BCUT2D eigenvalue weighted by molar-refractivity contribution is 0.199. The first-order chi connectivity index (χ1) is 5.68. The molecule has 3 heteroatoms. The largest absolute Gasteiger partial charge is 0.327 e. The second-order valence-corrected chi connectivity index (χ2v) is 4.39. The minimum absolute atomic E-state index is 0. The predicted octanol–water partition coefficient (Wildman–Crippen LogP) is 1.88. The van der Waals surface area contributed by atoms with Crippen molar-refractivity contribution in [3.63, 3.8) is 0 Å². The van der Waals surface area contributed by atoms with Crippen LogP contribution in [0.1, 0.15) is 33.1 Å². The molecule has 1 unspecified atom stereocenters. The Bertz CT molecular complexity index is 128. The van der Waals surface area contributed by atoms with Gasteiger partial charge in [0.2, 0.25) is 0 Å². The zero-order valence-electron chi connectivity index (χ0n) is 8.83. The summed E-state index contributed by atoms with van der Waals surface area (Å²) in [6.45, 7) is 8.19. The van der Waals surface area contributed by atoms with Gasteiger partial charge >= 0.3 is 0 Å². The van der Waals surface area contributed by atoms with E-state index in [0.717, 1.165) is 12.5 Å². The summed E-state index contributed by atoms with van der Waals surface area (Å²) in [5.74, 6) is 0.822. The molecule has 1 heterocycles. The third-order valence-corrected chi connectivity index (χ3v) is 2.56. The van der Waals surface area contributed by atoms with Gasteiger partial charge in [-0.05, 0) is 38.3 Å². The smallest absolute Gasteiger partial charge is 0.0168 e. The van der Waals surface area contributed by atoms with Gasteiger partial charge in [-0.3, -0.25) is 0 Å². The van der Waals surface area contributed by atoms with Gasteiger partial charge in [0, 0.05) is 12.6 Å². The molecule has 0 saturated carbocycles. The van der Waals surface area contributed by atoms with Crippen molar-refractivity contribution in [3.05, 3.63) is 0 Å². The van der Waals surface area contributed by atoms with E-state index in [9.17, 15) is 0 Å². The molecule has 0 aromatic carbocycles. The van der Waals surface area contributed by atoms with Crippen molar-refractivity contribution in [2.24, 2.45) is 11.7 Å². The van der Waals surface area contributed by atoms with Gasteiger partial charge in [0.05, 0.1) is 0 Å². The Hall–Kier alpha value is 0.210. The fourth-order valence-corrected chi connectivity index (χ4v) is 1.74. The maximum absolute atomic E-state index is 5.89. The molecule has 0 aromatic heterocycles. The number of nitrogens with zero attached hydrogens (tertiary/aromatic N) is 1. The molecule has 2 N–H and O–H groups in total. The molecule has 1 aliphatic heterocycles. The van der Waals surface area contributed by atoms with Crippen molar-refractivity contribution < 1.29 is 0 Å². The van der Waals surface area contributed by atoms with Crippen molar-refractivity contribution in [2.75, 3.05) is 19.6 Å². The third kappa shape index (κ3) is 5.50. The molecule has 1 aliphatic rings. The zero-order chi connectivity index (χ0) is 8.97. The molecular weight excluding hydrogens is 184 g/mol. The normalized spacial score (nSPS) is 24.5. The van der Waals surface area contributed by atoms with E-state index in [1.165, 1.54) is 32.4 Å². The molecule has 1 fully saturated rings. The highest BCUT2D eigenvalue weighted by molar-refractivity contribution is 5.85. The fraction of sp³-hybridized carbons (Fsp3) is 1.00. The SMILES string of the molecule is CC(C)CCN1CCCC(N)C1.Cl. The molecule has 0 bridgehead atoms. The van der Waals surface area contributed by atoms with Crippen LogP contribution in [0.3, 0.4) is 0 Å². The predicted molar refractivity (Wildman–Crippen MR) is 60.4 cm³/mol. The van der Waals surface area contributed by atoms with Crippen molar-refractivity contribution >= 4 is 12.4 Å². The standard InChI is InChI=1S/C10H22N2.ClH/c1-9(2)5-7-12-6-3-4-10(11)8-12;/h9-10H,3-8,11H2,1-2H3;1H. The summed E-state index contributed by atoms with van der Waals surface area (Å²) in [5.41, 5.74) is 5.89. The van der Waals surface area contributed by atoms with Gasteiger partial charge in [-0.15, -0.1) is 12.4 Å². The summed E-state index contributed by atoms with van der Waals surface area (Å²) >= 11 is 0. The van der Waals surface area contributed by atoms with Gasteiger partial charge in [-0.2, -0.15) is 0 Å². The topological polar surface area (TPSA) is 29.3 Å². The van der Waals surface area contributed by atoms with Crippen molar-refractivity contribution in [2.45, 2.75) is 39.2 Å². The molecule has 0 aliphatic carbocycles. The average molecular weight is 207 g/mol. The third-order valence-electron chi connectivity index (χ3n) is 2.56. The number of hydrogen-bond donors (Lipinski definition) is 1. The molecule has 13 heavy (non-hydrogen) atoms. The highest BCUT2D eigenvalue weighted by Crippen LogP contribution is 2.10. The maximum Gasteiger partial charge on any atom is 0.0168 e. The first kappa shape index (κ1) is 13.2. The van der Waals surface area contributed by atoms with Crippen LogP contribution in [0, 0.1) is 5.92 Å². The monoisotopic (exact) mass is 206 g/mol. The van der Waals surface area contributed by atoms with Crippen LogP contribution < -0.4 is 5.73 Å². The molecule has 80 valence electrons. The maximum atomic E-state index is 5.89. The Morgan fingerprint density at radius 2 is 2.15 bits per heavy atom. The first-order valence-corrected chi connectivity index (χ1v) is 5.16. The Labute approximate surface area is 88.3 Å².